The van der Waals surface area contributed by atoms with Crippen LogP contribution >= 0.6 is 0 Å². The Hall–Kier alpha value is -3.27. The van der Waals surface area contributed by atoms with Gasteiger partial charge in [0, 0.05) is 12.1 Å². The van der Waals surface area contributed by atoms with Crippen LogP contribution in [-0.2, 0) is 4.79 Å². The fraction of sp³-hybridized carbons (Fsp3) is 0.0952. The molecule has 4 nitrogen and oxygen atoms in total. The Balaban J connectivity index is 1.79. The van der Waals surface area contributed by atoms with Gasteiger partial charge in [-0.25, -0.2) is 0 Å². The predicted octanol–water partition coefficient (Wildman–Crippen LogP) is 4.51. The number of amides is 1. The summed E-state index contributed by atoms with van der Waals surface area (Å²) in [7, 11) is 3.14. The third-order valence-corrected chi connectivity index (χ3v) is 3.90. The first-order valence-electron chi connectivity index (χ1n) is 7.90. The lowest BCUT2D eigenvalue weighted by Gasteiger charge is -2.10. The Morgan fingerprint density at radius 1 is 0.960 bits per heavy atom. The number of ether oxygens (including phenoxy) is 2. The summed E-state index contributed by atoms with van der Waals surface area (Å²) in [6, 6.07) is 19.3. The summed E-state index contributed by atoms with van der Waals surface area (Å²) in [6.07, 6.45) is 3.33. The van der Waals surface area contributed by atoms with Crippen LogP contribution < -0.4 is 14.8 Å². The summed E-state index contributed by atoms with van der Waals surface area (Å²) in [5, 5.41) is 5.07. The van der Waals surface area contributed by atoms with Gasteiger partial charge in [-0.15, -0.1) is 0 Å². The number of nitrogens with one attached hydrogen (secondary N) is 1. The van der Waals surface area contributed by atoms with E-state index in [4.69, 9.17) is 9.47 Å². The van der Waals surface area contributed by atoms with Crippen molar-refractivity contribution in [3.63, 3.8) is 0 Å². The number of benzene rings is 3. The molecule has 3 aromatic rings. The zero-order valence-corrected chi connectivity index (χ0v) is 14.2. The number of carbonyl (C=O) groups excluding carboxylic acids is 1. The Morgan fingerprint density at radius 3 is 2.56 bits per heavy atom. The van der Waals surface area contributed by atoms with Crippen molar-refractivity contribution < 1.29 is 14.3 Å². The molecule has 126 valence electrons. The highest BCUT2D eigenvalue weighted by Crippen LogP contribution is 2.29. The number of anilines is 1. The van der Waals surface area contributed by atoms with Crippen molar-refractivity contribution >= 4 is 28.4 Å². The lowest BCUT2D eigenvalue weighted by Crippen LogP contribution is -2.09. The van der Waals surface area contributed by atoms with Crippen LogP contribution in [0.2, 0.25) is 0 Å². The third-order valence-electron chi connectivity index (χ3n) is 3.90. The molecule has 0 aliphatic carbocycles. The summed E-state index contributed by atoms with van der Waals surface area (Å²) >= 11 is 0. The van der Waals surface area contributed by atoms with Gasteiger partial charge in [0.15, 0.2) is 0 Å². The number of hydrogen-bond donors (Lipinski definition) is 1. The first-order chi connectivity index (χ1) is 12.2. The van der Waals surface area contributed by atoms with Gasteiger partial charge in [0.2, 0.25) is 5.91 Å². The maximum Gasteiger partial charge on any atom is 0.248 e. The Bertz CT molecular complexity index is 926. The van der Waals surface area contributed by atoms with Gasteiger partial charge in [-0.2, -0.15) is 0 Å². The predicted molar refractivity (Wildman–Crippen MR) is 101 cm³/mol. The molecular weight excluding hydrogens is 314 g/mol. The summed E-state index contributed by atoms with van der Waals surface area (Å²) < 4.78 is 10.4. The zero-order chi connectivity index (χ0) is 17.6. The zero-order valence-electron chi connectivity index (χ0n) is 14.2. The SMILES string of the molecule is COc1ccc(NC(=O)/C=C/c2cccc3ccccc23)c(OC)c1. The molecule has 0 heterocycles. The van der Waals surface area contributed by atoms with Crippen LogP contribution in [0.3, 0.4) is 0 Å². The van der Waals surface area contributed by atoms with Crippen LogP contribution in [0.4, 0.5) is 5.69 Å². The van der Waals surface area contributed by atoms with Gasteiger partial charge in [-0.05, 0) is 34.5 Å². The van der Waals surface area contributed by atoms with Gasteiger partial charge in [-0.1, -0.05) is 42.5 Å². The second-order valence-corrected chi connectivity index (χ2v) is 5.46. The van der Waals surface area contributed by atoms with Gasteiger partial charge < -0.3 is 14.8 Å². The fourth-order valence-electron chi connectivity index (χ4n) is 2.64. The van der Waals surface area contributed by atoms with E-state index in [0.717, 1.165) is 16.3 Å². The van der Waals surface area contributed by atoms with E-state index in [1.807, 2.05) is 36.4 Å². The maximum atomic E-state index is 12.3. The second kappa shape index (κ2) is 7.53. The third kappa shape index (κ3) is 3.80. The molecule has 0 unspecified atom stereocenters. The molecule has 0 atom stereocenters. The van der Waals surface area contributed by atoms with Crippen molar-refractivity contribution in [3.8, 4) is 11.5 Å². The van der Waals surface area contributed by atoms with Crippen molar-refractivity contribution in [1.82, 2.24) is 0 Å². The molecule has 0 saturated heterocycles. The van der Waals surface area contributed by atoms with E-state index in [2.05, 4.69) is 17.4 Å². The number of methoxy groups -OCH3 is 2. The van der Waals surface area contributed by atoms with E-state index in [9.17, 15) is 4.79 Å². The van der Waals surface area contributed by atoms with Crippen LogP contribution in [0, 0.1) is 0 Å². The molecule has 3 aromatic carbocycles. The topological polar surface area (TPSA) is 47.6 Å². The average Bonchev–Trinajstić information content (AvgIpc) is 2.66. The molecule has 0 bridgehead atoms. The molecule has 1 amide bonds. The van der Waals surface area contributed by atoms with Gasteiger partial charge in [0.25, 0.3) is 0 Å². The quantitative estimate of drug-likeness (QED) is 0.699. The minimum absolute atomic E-state index is 0.226. The summed E-state index contributed by atoms with van der Waals surface area (Å²) in [6.45, 7) is 0. The molecule has 1 N–H and O–H groups in total. The van der Waals surface area contributed by atoms with Crippen molar-refractivity contribution in [2.24, 2.45) is 0 Å². The van der Waals surface area contributed by atoms with Crippen LogP contribution in [0.15, 0.2) is 66.7 Å². The minimum Gasteiger partial charge on any atom is -0.497 e. The van der Waals surface area contributed by atoms with Crippen LogP contribution in [0.5, 0.6) is 11.5 Å². The van der Waals surface area contributed by atoms with Crippen LogP contribution in [0.1, 0.15) is 5.56 Å². The maximum absolute atomic E-state index is 12.3. The first kappa shape index (κ1) is 16.6. The van der Waals surface area contributed by atoms with Gasteiger partial charge in [-0.3, -0.25) is 4.79 Å². The van der Waals surface area contributed by atoms with Gasteiger partial charge in [0.05, 0.1) is 19.9 Å². The molecule has 3 rings (SSSR count). The highest BCUT2D eigenvalue weighted by atomic mass is 16.5. The smallest absolute Gasteiger partial charge is 0.248 e. The van der Waals surface area contributed by atoms with E-state index in [1.54, 1.807) is 32.4 Å². The Kier molecular flexibility index (Phi) is 5.00. The Labute approximate surface area is 146 Å². The van der Waals surface area contributed by atoms with Crippen molar-refractivity contribution in [2.75, 3.05) is 19.5 Å². The van der Waals surface area contributed by atoms with E-state index in [0.29, 0.717) is 17.2 Å². The van der Waals surface area contributed by atoms with Gasteiger partial charge >= 0.3 is 0 Å². The van der Waals surface area contributed by atoms with Crippen molar-refractivity contribution in [1.29, 1.82) is 0 Å². The molecule has 0 radical (unpaired) electrons. The summed E-state index contributed by atoms with van der Waals surface area (Å²) in [5.41, 5.74) is 1.59. The standard InChI is InChI=1S/C21H19NO3/c1-24-17-11-12-19(20(14-17)25-2)22-21(23)13-10-16-8-5-7-15-6-3-4-9-18(15)16/h3-14H,1-2H3,(H,22,23)/b13-10+. The minimum atomic E-state index is -0.226. The molecule has 4 heteroatoms. The van der Waals surface area contributed by atoms with E-state index in [-0.39, 0.29) is 5.91 Å². The highest BCUT2D eigenvalue weighted by Gasteiger charge is 2.07. The number of carbonyl (C=O) groups is 1. The summed E-state index contributed by atoms with van der Waals surface area (Å²) in [4.78, 5) is 12.3. The number of hydrogen-bond acceptors (Lipinski definition) is 3. The molecule has 0 aliphatic heterocycles. The normalized spacial score (nSPS) is 10.8. The number of fused-ring (bicyclic) bond motifs is 1. The largest absolute Gasteiger partial charge is 0.497 e. The summed E-state index contributed by atoms with van der Waals surface area (Å²) in [5.74, 6) is 0.990. The molecular formula is C21H19NO3. The van der Waals surface area contributed by atoms with E-state index >= 15 is 0 Å². The van der Waals surface area contributed by atoms with E-state index in [1.165, 1.54) is 6.08 Å². The molecule has 25 heavy (non-hydrogen) atoms. The van der Waals surface area contributed by atoms with Crippen LogP contribution in [0.25, 0.3) is 16.8 Å². The van der Waals surface area contributed by atoms with Crippen molar-refractivity contribution in [3.05, 3.63) is 72.3 Å². The van der Waals surface area contributed by atoms with Crippen molar-refractivity contribution in [2.45, 2.75) is 0 Å². The lowest BCUT2D eigenvalue weighted by molar-refractivity contribution is -0.111. The monoisotopic (exact) mass is 333 g/mol. The number of rotatable bonds is 5. The molecule has 0 aliphatic rings. The van der Waals surface area contributed by atoms with Crippen LogP contribution in [-0.4, -0.2) is 20.1 Å². The van der Waals surface area contributed by atoms with E-state index < -0.39 is 0 Å². The van der Waals surface area contributed by atoms with Gasteiger partial charge in [0.1, 0.15) is 11.5 Å². The molecule has 0 aromatic heterocycles. The highest BCUT2D eigenvalue weighted by molar-refractivity contribution is 6.04. The first-order valence-corrected chi connectivity index (χ1v) is 7.90. The second-order valence-electron chi connectivity index (χ2n) is 5.46. The lowest BCUT2D eigenvalue weighted by atomic mass is 10.0. The molecule has 0 saturated carbocycles. The Morgan fingerprint density at radius 2 is 1.76 bits per heavy atom. The fourth-order valence-corrected chi connectivity index (χ4v) is 2.64. The molecule has 0 fully saturated rings. The average molecular weight is 333 g/mol. The molecule has 0 spiro atoms.